The lowest BCUT2D eigenvalue weighted by molar-refractivity contribution is -0.384. The molecule has 25 heavy (non-hydrogen) atoms. The summed E-state index contributed by atoms with van der Waals surface area (Å²) >= 11 is -1.32. The lowest BCUT2D eigenvalue weighted by atomic mass is 10.0. The van der Waals surface area contributed by atoms with E-state index in [0.29, 0.717) is 29.1 Å². The summed E-state index contributed by atoms with van der Waals surface area (Å²) in [5, 5.41) is 10.6. The molecule has 0 bridgehead atoms. The van der Waals surface area contributed by atoms with Gasteiger partial charge in [-0.25, -0.2) is 4.79 Å². The van der Waals surface area contributed by atoms with Crippen LogP contribution in [0.1, 0.15) is 25.3 Å². The van der Waals surface area contributed by atoms with Gasteiger partial charge in [-0.2, -0.15) is 0 Å². The van der Waals surface area contributed by atoms with Crippen LogP contribution in [0.4, 0.5) is 5.69 Å². The van der Waals surface area contributed by atoms with Gasteiger partial charge < -0.3 is 9.29 Å². The van der Waals surface area contributed by atoms with Crippen LogP contribution in [0.2, 0.25) is 0 Å². The number of hydrogen-bond acceptors (Lipinski definition) is 6. The van der Waals surface area contributed by atoms with Crippen molar-refractivity contribution in [2.45, 2.75) is 32.4 Å². The zero-order valence-corrected chi connectivity index (χ0v) is 14.3. The van der Waals surface area contributed by atoms with Crippen molar-refractivity contribution in [3.8, 4) is 0 Å². The summed E-state index contributed by atoms with van der Waals surface area (Å²) < 4.78 is 17.4. The number of carbonyl (C=O) groups is 2. The fourth-order valence-corrected chi connectivity index (χ4v) is 4.04. The van der Waals surface area contributed by atoms with Crippen LogP contribution in [0.25, 0.3) is 0 Å². The summed E-state index contributed by atoms with van der Waals surface area (Å²) in [6.45, 7) is 1.67. The minimum atomic E-state index is -1.32. The third kappa shape index (κ3) is 3.24. The Balaban J connectivity index is 1.72. The molecule has 2 atom stereocenters. The number of rotatable bonds is 6. The molecular weight excluding hydrogens is 348 g/mol. The van der Waals surface area contributed by atoms with E-state index in [1.807, 2.05) is 0 Å². The van der Waals surface area contributed by atoms with Gasteiger partial charge >= 0.3 is 5.97 Å². The summed E-state index contributed by atoms with van der Waals surface area (Å²) in [5.74, 6) is -0.496. The smallest absolute Gasteiger partial charge is 0.360 e. The topological polar surface area (TPSA) is 113 Å². The lowest BCUT2D eigenvalue weighted by Crippen LogP contribution is -2.49. The lowest BCUT2D eigenvalue weighted by Gasteiger charge is -2.34. The molecule has 1 aromatic rings. The first kappa shape index (κ1) is 17.4. The molecule has 0 spiro atoms. The van der Waals surface area contributed by atoms with Gasteiger partial charge in [0.1, 0.15) is 12.4 Å². The summed E-state index contributed by atoms with van der Waals surface area (Å²) in [6, 6.07) is 5.54. The Hall–Kier alpha value is -2.39. The van der Waals surface area contributed by atoms with Gasteiger partial charge in [-0.05, 0) is 35.8 Å². The number of amides is 1. The summed E-state index contributed by atoms with van der Waals surface area (Å²) in [6.07, 6.45) is 0.789. The van der Waals surface area contributed by atoms with E-state index >= 15 is 0 Å². The van der Waals surface area contributed by atoms with Crippen LogP contribution in [-0.4, -0.2) is 38.0 Å². The van der Waals surface area contributed by atoms with Crippen LogP contribution >= 0.6 is 0 Å². The molecular formula is C16H16N2O6S. The minimum Gasteiger partial charge on any atom is -0.612 e. The van der Waals surface area contributed by atoms with Crippen molar-refractivity contribution in [3.63, 3.8) is 0 Å². The summed E-state index contributed by atoms with van der Waals surface area (Å²) in [4.78, 5) is 36.2. The third-order valence-electron chi connectivity index (χ3n) is 4.22. The molecule has 2 aliphatic heterocycles. The first-order valence-corrected chi connectivity index (χ1v) is 9.08. The fourth-order valence-electron chi connectivity index (χ4n) is 2.92. The van der Waals surface area contributed by atoms with Crippen molar-refractivity contribution in [1.29, 1.82) is 0 Å². The second-order valence-corrected chi connectivity index (χ2v) is 7.49. The Morgan fingerprint density at radius 2 is 2.04 bits per heavy atom. The Bertz CT molecular complexity index is 760. The number of benzene rings is 1. The molecule has 1 amide bonds. The maximum Gasteiger partial charge on any atom is 0.360 e. The van der Waals surface area contributed by atoms with Crippen molar-refractivity contribution in [2.24, 2.45) is 0 Å². The number of fused-ring (bicyclic) bond motifs is 1. The molecule has 2 aliphatic rings. The second kappa shape index (κ2) is 6.85. The maximum absolute atomic E-state index is 12.4. The molecule has 1 fully saturated rings. The average molecular weight is 364 g/mol. The van der Waals surface area contributed by atoms with Crippen molar-refractivity contribution >= 4 is 28.7 Å². The van der Waals surface area contributed by atoms with Crippen LogP contribution in [0, 0.1) is 10.1 Å². The summed E-state index contributed by atoms with van der Waals surface area (Å²) in [5.41, 5.74) is 0.633. The Kier molecular flexibility index (Phi) is 4.78. The molecule has 0 radical (unpaired) electrons. The molecule has 1 saturated heterocycles. The minimum absolute atomic E-state index is 0.0526. The molecule has 1 aromatic carbocycles. The largest absolute Gasteiger partial charge is 0.612 e. The number of nitrogens with zero attached hydrogens (tertiary/aromatic N) is 2. The molecule has 2 unspecified atom stereocenters. The standard InChI is InChI=1S/C16H16N2O6S/c1-2-25(23)13-7-12-8-14(19)17(12)15(13)16(20)24-9-10-3-5-11(6-4-10)18(21)22/h3-6,12H,2,7-9H2,1H3. The number of β-lactam (4-membered cyclic amide) rings is 1. The molecule has 8 nitrogen and oxygen atoms in total. The van der Waals surface area contributed by atoms with E-state index in [9.17, 15) is 24.3 Å². The van der Waals surface area contributed by atoms with Gasteiger partial charge in [0.2, 0.25) is 5.91 Å². The highest BCUT2D eigenvalue weighted by Gasteiger charge is 2.51. The molecule has 0 aliphatic carbocycles. The monoisotopic (exact) mass is 364 g/mol. The van der Waals surface area contributed by atoms with Crippen LogP contribution < -0.4 is 0 Å². The molecule has 0 aromatic heterocycles. The molecule has 0 saturated carbocycles. The Morgan fingerprint density at radius 1 is 1.36 bits per heavy atom. The predicted molar refractivity (Wildman–Crippen MR) is 88.5 cm³/mol. The van der Waals surface area contributed by atoms with E-state index in [0.717, 1.165) is 0 Å². The van der Waals surface area contributed by atoms with Crippen LogP contribution in [0.5, 0.6) is 0 Å². The highest BCUT2D eigenvalue weighted by Crippen LogP contribution is 2.41. The molecule has 9 heteroatoms. The van der Waals surface area contributed by atoms with E-state index in [1.165, 1.54) is 29.2 Å². The van der Waals surface area contributed by atoms with E-state index in [4.69, 9.17) is 4.74 Å². The number of non-ortho nitro benzene ring substituents is 1. The Labute approximate surface area is 146 Å². The van der Waals surface area contributed by atoms with E-state index in [2.05, 4.69) is 0 Å². The summed E-state index contributed by atoms with van der Waals surface area (Å²) in [7, 11) is 0. The number of esters is 1. The van der Waals surface area contributed by atoms with Crippen LogP contribution in [-0.2, 0) is 32.1 Å². The maximum atomic E-state index is 12.4. The zero-order valence-electron chi connectivity index (χ0n) is 13.5. The Morgan fingerprint density at radius 3 is 2.60 bits per heavy atom. The van der Waals surface area contributed by atoms with Crippen molar-refractivity contribution in [3.05, 3.63) is 50.5 Å². The molecule has 3 rings (SSSR count). The third-order valence-corrected chi connectivity index (χ3v) is 5.65. The van der Waals surface area contributed by atoms with Gasteiger partial charge in [-0.15, -0.1) is 0 Å². The van der Waals surface area contributed by atoms with Crippen molar-refractivity contribution in [1.82, 2.24) is 4.90 Å². The van der Waals surface area contributed by atoms with Crippen molar-refractivity contribution in [2.75, 3.05) is 5.75 Å². The molecule has 132 valence electrons. The first-order chi connectivity index (χ1) is 11.9. The zero-order chi connectivity index (χ0) is 18.1. The van der Waals surface area contributed by atoms with E-state index < -0.39 is 22.1 Å². The van der Waals surface area contributed by atoms with Gasteiger partial charge in [-0.3, -0.25) is 19.8 Å². The average Bonchev–Trinajstić information content (AvgIpc) is 2.92. The second-order valence-electron chi connectivity index (χ2n) is 5.73. The highest BCUT2D eigenvalue weighted by atomic mass is 32.2. The molecule has 2 heterocycles. The fraction of sp³-hybridized carbons (Fsp3) is 0.375. The first-order valence-electron chi connectivity index (χ1n) is 7.76. The SMILES string of the molecule is CC[S+]([O-])C1=C(C(=O)OCc2ccc([N+](=O)[O-])cc2)N2C(=O)CC2C1. The quantitative estimate of drug-likeness (QED) is 0.249. The van der Waals surface area contributed by atoms with E-state index in [1.54, 1.807) is 6.92 Å². The van der Waals surface area contributed by atoms with E-state index in [-0.39, 0.29) is 29.9 Å². The van der Waals surface area contributed by atoms with Crippen LogP contribution in [0.3, 0.4) is 0 Å². The number of nitro benzene ring substituents is 1. The van der Waals surface area contributed by atoms with Gasteiger partial charge in [0.05, 0.1) is 11.0 Å². The van der Waals surface area contributed by atoms with Crippen LogP contribution in [0.15, 0.2) is 34.9 Å². The number of carbonyl (C=O) groups excluding carboxylic acids is 2. The normalized spacial score (nSPS) is 20.2. The van der Waals surface area contributed by atoms with Gasteiger partial charge in [-0.1, -0.05) is 0 Å². The van der Waals surface area contributed by atoms with Crippen molar-refractivity contribution < 1.29 is 23.8 Å². The predicted octanol–water partition coefficient (Wildman–Crippen LogP) is 1.62. The number of ether oxygens (including phenoxy) is 1. The van der Waals surface area contributed by atoms with Gasteiger partial charge in [0.25, 0.3) is 5.69 Å². The highest BCUT2D eigenvalue weighted by molar-refractivity contribution is 7.95. The van der Waals surface area contributed by atoms with Gasteiger partial charge in [0.15, 0.2) is 10.6 Å². The number of hydrogen-bond donors (Lipinski definition) is 0. The van der Waals surface area contributed by atoms with Gasteiger partial charge in [0, 0.05) is 25.0 Å². The molecule has 0 N–H and O–H groups in total. The number of nitro groups is 1.